The number of morpholine rings is 1. The summed E-state index contributed by atoms with van der Waals surface area (Å²) in [4.78, 5) is 2.42. The van der Waals surface area contributed by atoms with Gasteiger partial charge in [-0.1, -0.05) is 30.7 Å². The first kappa shape index (κ1) is 14.8. The maximum absolute atomic E-state index is 6.04. The van der Waals surface area contributed by atoms with Crippen LogP contribution in [0.5, 0.6) is 0 Å². The molecule has 2 unspecified atom stereocenters. The van der Waals surface area contributed by atoms with E-state index in [2.05, 4.69) is 17.2 Å². The minimum absolute atomic E-state index is 0.0293. The Morgan fingerprint density at radius 1 is 1.58 bits per heavy atom. The first-order valence-corrected chi connectivity index (χ1v) is 7.18. The van der Waals surface area contributed by atoms with Crippen LogP contribution >= 0.6 is 11.6 Å². The Bertz CT molecular complexity index is 400. The molecule has 1 fully saturated rings. The summed E-state index contributed by atoms with van der Waals surface area (Å²) in [5.74, 6) is 5.71. The van der Waals surface area contributed by atoms with Crippen molar-refractivity contribution in [1.82, 2.24) is 10.3 Å². The molecule has 1 heterocycles. The summed E-state index contributed by atoms with van der Waals surface area (Å²) >= 11 is 6.04. The van der Waals surface area contributed by atoms with E-state index in [4.69, 9.17) is 22.2 Å². The van der Waals surface area contributed by atoms with Crippen LogP contribution in [0.4, 0.5) is 0 Å². The summed E-state index contributed by atoms with van der Waals surface area (Å²) < 4.78 is 5.87. The van der Waals surface area contributed by atoms with Crippen molar-refractivity contribution in [1.29, 1.82) is 0 Å². The van der Waals surface area contributed by atoms with Crippen LogP contribution in [0.2, 0.25) is 5.02 Å². The molecule has 2 rings (SSSR count). The van der Waals surface area contributed by atoms with Gasteiger partial charge >= 0.3 is 0 Å². The zero-order chi connectivity index (χ0) is 13.7. The Balaban J connectivity index is 2.08. The lowest BCUT2D eigenvalue weighted by atomic mass is 10.0. The van der Waals surface area contributed by atoms with Crippen LogP contribution in [0.15, 0.2) is 24.3 Å². The minimum atomic E-state index is -0.0293. The first-order chi connectivity index (χ1) is 9.24. The van der Waals surface area contributed by atoms with Crippen LogP contribution in [0, 0.1) is 0 Å². The van der Waals surface area contributed by atoms with Gasteiger partial charge in [0.25, 0.3) is 0 Å². The fraction of sp³-hybridized carbons (Fsp3) is 0.571. The fourth-order valence-electron chi connectivity index (χ4n) is 2.57. The van der Waals surface area contributed by atoms with Gasteiger partial charge in [0.1, 0.15) is 0 Å². The summed E-state index contributed by atoms with van der Waals surface area (Å²) in [7, 11) is 0. The molecule has 106 valence electrons. The summed E-state index contributed by atoms with van der Waals surface area (Å²) in [5, 5.41) is 0.721. The lowest BCUT2D eigenvalue weighted by molar-refractivity contribution is -0.0471. The Hall–Kier alpha value is -0.650. The summed E-state index contributed by atoms with van der Waals surface area (Å²) in [6.07, 6.45) is 1.22. The van der Waals surface area contributed by atoms with E-state index in [0.717, 1.165) is 43.2 Å². The van der Waals surface area contributed by atoms with Crippen molar-refractivity contribution < 1.29 is 4.74 Å². The maximum atomic E-state index is 6.04. The number of hydrazine groups is 1. The molecule has 1 aliphatic heterocycles. The highest BCUT2D eigenvalue weighted by Crippen LogP contribution is 2.24. The second-order valence-corrected chi connectivity index (χ2v) is 5.35. The molecule has 1 saturated heterocycles. The van der Waals surface area contributed by atoms with Crippen LogP contribution in [0.1, 0.15) is 24.9 Å². The minimum Gasteiger partial charge on any atom is -0.374 e. The largest absolute Gasteiger partial charge is 0.374 e. The van der Waals surface area contributed by atoms with E-state index in [9.17, 15) is 0 Å². The topological polar surface area (TPSA) is 50.5 Å². The molecule has 0 aromatic heterocycles. The lowest BCUT2D eigenvalue weighted by Gasteiger charge is -2.36. The maximum Gasteiger partial charge on any atom is 0.0909 e. The van der Waals surface area contributed by atoms with Crippen molar-refractivity contribution in [2.45, 2.75) is 25.5 Å². The van der Waals surface area contributed by atoms with Gasteiger partial charge < -0.3 is 4.74 Å². The monoisotopic (exact) mass is 283 g/mol. The second-order valence-electron chi connectivity index (χ2n) is 4.91. The molecule has 1 aromatic rings. The number of hydrogen-bond acceptors (Lipinski definition) is 4. The molecule has 1 aromatic carbocycles. The van der Waals surface area contributed by atoms with Crippen LogP contribution in [-0.4, -0.2) is 37.2 Å². The van der Waals surface area contributed by atoms with Crippen molar-refractivity contribution in [3.05, 3.63) is 34.9 Å². The number of nitrogens with one attached hydrogen (secondary N) is 1. The van der Waals surface area contributed by atoms with Crippen molar-refractivity contribution in [2.75, 3.05) is 26.2 Å². The Morgan fingerprint density at radius 3 is 3.11 bits per heavy atom. The third-order valence-corrected chi connectivity index (χ3v) is 3.71. The molecule has 0 bridgehead atoms. The number of halogens is 1. The molecule has 3 N–H and O–H groups in total. The average molecular weight is 284 g/mol. The van der Waals surface area contributed by atoms with E-state index in [1.54, 1.807) is 0 Å². The summed E-state index contributed by atoms with van der Waals surface area (Å²) in [5.41, 5.74) is 3.94. The first-order valence-electron chi connectivity index (χ1n) is 6.80. The van der Waals surface area contributed by atoms with E-state index in [1.165, 1.54) is 0 Å². The average Bonchev–Trinajstić information content (AvgIpc) is 2.41. The van der Waals surface area contributed by atoms with Crippen molar-refractivity contribution in [2.24, 2.45) is 5.84 Å². The van der Waals surface area contributed by atoms with Gasteiger partial charge in [0.2, 0.25) is 0 Å². The van der Waals surface area contributed by atoms with Crippen LogP contribution in [-0.2, 0) is 4.74 Å². The molecule has 1 aliphatic rings. The van der Waals surface area contributed by atoms with E-state index < -0.39 is 0 Å². The van der Waals surface area contributed by atoms with Crippen LogP contribution in [0.25, 0.3) is 0 Å². The highest BCUT2D eigenvalue weighted by atomic mass is 35.5. The van der Waals surface area contributed by atoms with Gasteiger partial charge in [-0.25, -0.2) is 0 Å². The van der Waals surface area contributed by atoms with Crippen molar-refractivity contribution in [3.63, 3.8) is 0 Å². The Morgan fingerprint density at radius 2 is 2.42 bits per heavy atom. The van der Waals surface area contributed by atoms with Crippen LogP contribution < -0.4 is 11.3 Å². The Labute approximate surface area is 119 Å². The molecule has 19 heavy (non-hydrogen) atoms. The van der Waals surface area contributed by atoms with Gasteiger partial charge in [0, 0.05) is 18.1 Å². The zero-order valence-electron chi connectivity index (χ0n) is 11.3. The number of hydrogen-bond donors (Lipinski definition) is 2. The quantitative estimate of drug-likeness (QED) is 0.641. The van der Waals surface area contributed by atoms with E-state index >= 15 is 0 Å². The standard InChI is InChI=1S/C14H22ClN3O/c1-2-6-18-7-8-19-13(10-18)14(17-16)11-4-3-5-12(15)9-11/h3-5,9,13-14,17H,2,6-8,10,16H2,1H3. The fourth-order valence-corrected chi connectivity index (χ4v) is 2.77. The highest BCUT2D eigenvalue weighted by molar-refractivity contribution is 6.30. The van der Waals surface area contributed by atoms with Gasteiger partial charge in [-0.15, -0.1) is 0 Å². The number of rotatable bonds is 5. The van der Waals surface area contributed by atoms with E-state index in [0.29, 0.717) is 0 Å². The number of nitrogens with two attached hydrogens (primary N) is 1. The van der Waals surface area contributed by atoms with Gasteiger partial charge in [0.05, 0.1) is 18.8 Å². The zero-order valence-corrected chi connectivity index (χ0v) is 12.1. The molecule has 0 saturated carbocycles. The van der Waals surface area contributed by atoms with Gasteiger partial charge in [-0.05, 0) is 30.7 Å². The normalized spacial score (nSPS) is 22.4. The van der Waals surface area contributed by atoms with Gasteiger partial charge in [0.15, 0.2) is 0 Å². The predicted octanol–water partition coefficient (Wildman–Crippen LogP) is 1.96. The van der Waals surface area contributed by atoms with E-state index in [1.807, 2.05) is 24.3 Å². The highest BCUT2D eigenvalue weighted by Gasteiger charge is 2.28. The molecular weight excluding hydrogens is 262 g/mol. The SMILES string of the molecule is CCCN1CCOC(C(NN)c2cccc(Cl)c2)C1. The molecule has 2 atom stereocenters. The number of ether oxygens (including phenoxy) is 1. The molecule has 0 spiro atoms. The van der Waals surface area contributed by atoms with Gasteiger partial charge in [-0.3, -0.25) is 16.2 Å². The van der Waals surface area contributed by atoms with Crippen molar-refractivity contribution >= 4 is 11.6 Å². The molecular formula is C14H22ClN3O. The number of nitrogens with zero attached hydrogens (tertiary/aromatic N) is 1. The third-order valence-electron chi connectivity index (χ3n) is 3.48. The van der Waals surface area contributed by atoms with Crippen molar-refractivity contribution in [3.8, 4) is 0 Å². The second kappa shape index (κ2) is 7.22. The molecule has 4 nitrogen and oxygen atoms in total. The Kier molecular flexibility index (Phi) is 5.60. The lowest BCUT2D eigenvalue weighted by Crippen LogP contribution is -2.49. The van der Waals surface area contributed by atoms with Gasteiger partial charge in [-0.2, -0.15) is 0 Å². The molecule has 0 aliphatic carbocycles. The number of benzene rings is 1. The molecule has 0 radical (unpaired) electrons. The summed E-state index contributed by atoms with van der Waals surface area (Å²) in [6, 6.07) is 7.74. The van der Waals surface area contributed by atoms with Crippen LogP contribution in [0.3, 0.4) is 0 Å². The smallest absolute Gasteiger partial charge is 0.0909 e. The molecule has 5 heteroatoms. The van der Waals surface area contributed by atoms with E-state index in [-0.39, 0.29) is 12.1 Å². The molecule has 0 amide bonds. The third kappa shape index (κ3) is 3.91. The predicted molar refractivity (Wildman–Crippen MR) is 78.0 cm³/mol. The summed E-state index contributed by atoms with van der Waals surface area (Å²) in [6.45, 7) is 5.95.